The minimum absolute atomic E-state index is 0.500. The molecule has 1 aromatic heterocycles. The minimum atomic E-state index is -7.22. The van der Waals surface area contributed by atoms with Gasteiger partial charge in [0.05, 0.1) is 11.3 Å². The van der Waals surface area contributed by atoms with E-state index >= 15 is 35.1 Å². The molecule has 2 nitrogen and oxygen atoms in total. The second-order valence-electron chi connectivity index (χ2n) is 11.8. The van der Waals surface area contributed by atoms with E-state index in [1.807, 2.05) is 30.6 Å². The number of rotatable bonds is 7. The second kappa shape index (κ2) is 16.5. The summed E-state index contributed by atoms with van der Waals surface area (Å²) in [5.74, 6) is -70.9. The molecule has 0 saturated carbocycles. The zero-order valence-corrected chi connectivity index (χ0v) is 28.6. The molecule has 6 aromatic rings. The van der Waals surface area contributed by atoms with Gasteiger partial charge in [-0.25, -0.2) is 87.8 Å². The lowest BCUT2D eigenvalue weighted by Crippen LogP contribution is -2.81. The molecule has 0 radical (unpaired) electrons. The number of pyridine rings is 1. The van der Waals surface area contributed by atoms with Crippen molar-refractivity contribution in [2.75, 3.05) is 12.5 Å². The van der Waals surface area contributed by atoms with E-state index in [1.165, 1.54) is 5.39 Å². The molecule has 0 saturated heterocycles. The number of hydrogen-bond donors (Lipinski definition) is 0. The van der Waals surface area contributed by atoms with E-state index in [9.17, 15) is 52.7 Å². The number of nitrogens with zero attached hydrogens (tertiary/aromatic N) is 1. The van der Waals surface area contributed by atoms with Crippen LogP contribution < -0.4 is 31.4 Å². The fourth-order valence-electron chi connectivity index (χ4n) is 6.21. The van der Waals surface area contributed by atoms with Gasteiger partial charge in [-0.1, -0.05) is 18.2 Å². The van der Waals surface area contributed by atoms with Gasteiger partial charge in [0.25, 0.3) is 0 Å². The van der Waals surface area contributed by atoms with Crippen LogP contribution in [-0.4, -0.2) is 18.6 Å². The third-order valence-electron chi connectivity index (χ3n) is 8.69. The van der Waals surface area contributed by atoms with Crippen molar-refractivity contribution >= 4 is 50.4 Å². The number of fused-ring (bicyclic) bond motifs is 1. The molecular weight excluding hydrogens is 877 g/mol. The topological polar surface area (TPSA) is 13.1 Å². The molecule has 312 valence electrons. The van der Waals surface area contributed by atoms with Gasteiger partial charge in [-0.05, 0) is 11.5 Å². The molecule has 0 aliphatic carbocycles. The van der Waals surface area contributed by atoms with Crippen LogP contribution in [0.5, 0.6) is 0 Å². The maximum absolute atomic E-state index is 15.4. The molecule has 5 aromatic carbocycles. The second-order valence-corrected chi connectivity index (χ2v) is 12.1. The van der Waals surface area contributed by atoms with Crippen LogP contribution in [0.25, 0.3) is 10.8 Å². The monoisotopic (exact) mass is 887 g/mol. The number of benzene rings is 5. The summed E-state index contributed by atoms with van der Waals surface area (Å²) < 4.78 is 296. The van der Waals surface area contributed by atoms with Crippen molar-refractivity contribution in [2.24, 2.45) is 0 Å². The zero-order chi connectivity index (χ0) is 44.2. The predicted octanol–water partition coefficient (Wildman–Crippen LogP) is 7.64. The van der Waals surface area contributed by atoms with Crippen molar-refractivity contribution in [1.82, 2.24) is 0 Å². The van der Waals surface area contributed by atoms with Crippen LogP contribution in [0.15, 0.2) is 42.7 Å². The number of hydrogen-bond acceptors (Lipinski definition) is 1. The van der Waals surface area contributed by atoms with Gasteiger partial charge in [0.1, 0.15) is 52.7 Å². The smallest absolute Gasteiger partial charge is 0.230 e. The van der Waals surface area contributed by atoms with Gasteiger partial charge >= 0.3 is 0 Å². The number of aromatic nitrogens is 1. The first-order valence-corrected chi connectivity index (χ1v) is 16.0. The standard InChI is InChI=1S/C24BF20.C11H11ClNO/c26-5-1(6(27)14(35)21(42)13(5)34)25(2-7(28)15(36)22(43)16(37)8(2)29,3-9(30)17(38)23(44)18(39)10(3)31)4-11(32)19(40)24(45)20(41)12(4)33;12-6-8-14-13-7-5-10-3-1-2-4-11(10)9-13/h;1-5,7,9H,6,8H2/q-1;+1. The molecule has 0 fully saturated rings. The molecule has 0 N–H and O–H groups in total. The Hall–Kier alpha value is -5.74. The van der Waals surface area contributed by atoms with Gasteiger partial charge in [0.15, 0.2) is 76.4 Å². The molecule has 59 heavy (non-hydrogen) atoms. The van der Waals surface area contributed by atoms with E-state index in [4.69, 9.17) is 16.4 Å². The normalized spacial score (nSPS) is 11.6. The molecule has 0 aliphatic heterocycles. The van der Waals surface area contributed by atoms with E-state index in [-0.39, 0.29) is 0 Å². The summed E-state index contributed by atoms with van der Waals surface area (Å²) in [4.78, 5) is 5.35. The van der Waals surface area contributed by atoms with Gasteiger partial charge in [-0.3, -0.25) is 4.84 Å². The Bertz CT molecular complexity index is 2300. The van der Waals surface area contributed by atoms with Crippen molar-refractivity contribution in [1.29, 1.82) is 0 Å². The third kappa shape index (κ3) is 6.91. The van der Waals surface area contributed by atoms with Crippen LogP contribution in [-0.2, 0) is 0 Å². The van der Waals surface area contributed by atoms with Gasteiger partial charge in [-0.15, -0.1) is 33.5 Å². The predicted molar refractivity (Wildman–Crippen MR) is 166 cm³/mol. The van der Waals surface area contributed by atoms with Crippen molar-refractivity contribution in [3.63, 3.8) is 0 Å². The van der Waals surface area contributed by atoms with Crippen molar-refractivity contribution < 1.29 is 97.4 Å². The van der Waals surface area contributed by atoms with Crippen LogP contribution in [0.3, 0.4) is 0 Å². The fourth-order valence-corrected chi connectivity index (χ4v) is 6.28. The highest BCUT2D eigenvalue weighted by atomic mass is 35.5. The van der Waals surface area contributed by atoms with E-state index in [0.717, 1.165) is 5.39 Å². The highest BCUT2D eigenvalue weighted by Gasteiger charge is 2.52. The Morgan fingerprint density at radius 2 is 0.627 bits per heavy atom. The quantitative estimate of drug-likeness (QED) is 0.0402. The molecule has 0 atom stereocenters. The molecule has 1 heterocycles. The summed E-state index contributed by atoms with van der Waals surface area (Å²) in [6.07, 6.45) is -3.39. The molecule has 0 unspecified atom stereocenters. The summed E-state index contributed by atoms with van der Waals surface area (Å²) in [7, 11) is 0. The lowest BCUT2D eigenvalue weighted by molar-refractivity contribution is -0.889. The Balaban J connectivity index is 0.000000395. The molecule has 0 aliphatic rings. The first-order chi connectivity index (χ1) is 27.6. The van der Waals surface area contributed by atoms with Crippen molar-refractivity contribution in [2.45, 2.75) is 0 Å². The van der Waals surface area contributed by atoms with E-state index in [2.05, 4.69) is 12.1 Å². The molecule has 24 heteroatoms. The Morgan fingerprint density at radius 1 is 0.373 bits per heavy atom. The van der Waals surface area contributed by atoms with E-state index in [0.29, 0.717) is 12.5 Å². The number of halogens is 21. The average molecular weight is 888 g/mol. The van der Waals surface area contributed by atoms with Crippen LogP contribution in [0.2, 0.25) is 0 Å². The minimum Gasteiger partial charge on any atom is -0.270 e. The highest BCUT2D eigenvalue weighted by Crippen LogP contribution is 2.30. The molecular formula is C35H11BClF20NO. The SMILES string of the molecule is ClCCO[n+]1ccc2ccccc2c1.Fc1c(F)c(F)c([B-](c2c(F)c(F)c(F)c(F)c2F)(c2c(F)c(F)c(F)c(F)c2F)c2c(F)c(F)c(F)c(F)c2F)c(F)c1F. The maximum Gasteiger partial charge on any atom is 0.230 e. The Kier molecular flexibility index (Phi) is 12.4. The third-order valence-corrected chi connectivity index (χ3v) is 8.84. The lowest BCUT2D eigenvalue weighted by atomic mass is 9.12. The molecule has 0 amide bonds. The van der Waals surface area contributed by atoms with Crippen LogP contribution >= 0.6 is 11.6 Å². The van der Waals surface area contributed by atoms with Crippen molar-refractivity contribution in [3.05, 3.63) is 159 Å². The highest BCUT2D eigenvalue weighted by molar-refractivity contribution is 7.20. The summed E-state index contributed by atoms with van der Waals surface area (Å²) in [5.41, 5.74) is -14.3. The molecule has 0 bridgehead atoms. The number of alkyl halides is 1. The van der Waals surface area contributed by atoms with E-state index in [1.54, 1.807) is 4.73 Å². The van der Waals surface area contributed by atoms with Gasteiger partial charge in [0, 0.05) is 10.8 Å². The van der Waals surface area contributed by atoms with Gasteiger partial charge < -0.3 is 0 Å². The largest absolute Gasteiger partial charge is 0.270 e. The average Bonchev–Trinajstić information content (AvgIpc) is 3.22. The summed E-state index contributed by atoms with van der Waals surface area (Å²) in [5, 5.41) is 2.36. The van der Waals surface area contributed by atoms with E-state index < -0.39 is 144 Å². The van der Waals surface area contributed by atoms with Crippen LogP contribution in [0.4, 0.5) is 87.8 Å². The maximum atomic E-state index is 15.4. The van der Waals surface area contributed by atoms with Crippen LogP contribution in [0.1, 0.15) is 0 Å². The molecule has 6 rings (SSSR count). The zero-order valence-electron chi connectivity index (χ0n) is 27.8. The Morgan fingerprint density at radius 3 is 0.898 bits per heavy atom. The fraction of sp³-hybridized carbons (Fsp3) is 0.0571. The summed E-state index contributed by atoms with van der Waals surface area (Å²) in [6, 6.07) is 10.2. The first kappa shape index (κ1) is 44.4. The first-order valence-electron chi connectivity index (χ1n) is 15.4. The van der Waals surface area contributed by atoms with Gasteiger partial charge in [-0.2, -0.15) is 0 Å². The lowest BCUT2D eigenvalue weighted by Gasteiger charge is -2.44. The Labute approximate surface area is 319 Å². The van der Waals surface area contributed by atoms with Crippen molar-refractivity contribution in [3.8, 4) is 0 Å². The summed E-state index contributed by atoms with van der Waals surface area (Å²) in [6.45, 7) is 0.518. The van der Waals surface area contributed by atoms with Crippen LogP contribution in [0, 0.1) is 116 Å². The summed E-state index contributed by atoms with van der Waals surface area (Å²) >= 11 is 5.53. The molecule has 0 spiro atoms. The van der Waals surface area contributed by atoms with Gasteiger partial charge in [0.2, 0.25) is 12.4 Å².